The summed E-state index contributed by atoms with van der Waals surface area (Å²) >= 11 is 0. The van der Waals surface area contributed by atoms with Gasteiger partial charge in [0, 0.05) is 7.05 Å². The van der Waals surface area contributed by atoms with Gasteiger partial charge < -0.3 is 9.30 Å². The summed E-state index contributed by atoms with van der Waals surface area (Å²) in [6, 6.07) is 0. The summed E-state index contributed by atoms with van der Waals surface area (Å²) in [5.41, 5.74) is 0.308. The summed E-state index contributed by atoms with van der Waals surface area (Å²) in [5.74, 6) is 1.09. The molecule has 0 atom stereocenters. The molecular formula is C13H20N6O2. The molecule has 0 aliphatic carbocycles. The minimum atomic E-state index is -0.561. The summed E-state index contributed by atoms with van der Waals surface area (Å²) in [4.78, 5) is 12.0. The predicted octanol–water partition coefficient (Wildman–Crippen LogP) is 1.03. The summed E-state index contributed by atoms with van der Waals surface area (Å²) in [7, 11) is 1.88. The quantitative estimate of drug-likeness (QED) is 0.785. The highest BCUT2D eigenvalue weighted by Crippen LogP contribution is 2.13. The van der Waals surface area contributed by atoms with Crippen LogP contribution in [0.1, 0.15) is 48.6 Å². The van der Waals surface area contributed by atoms with E-state index < -0.39 is 11.6 Å². The van der Waals surface area contributed by atoms with E-state index in [9.17, 15) is 4.79 Å². The standard InChI is InChI=1S/C13H20N6O2/c1-8-11(12(20)21-13(3,4)5)16-17-19(8)7-10-15-14-9(2)18(10)6/h7H2,1-6H3. The van der Waals surface area contributed by atoms with E-state index in [2.05, 4.69) is 20.5 Å². The summed E-state index contributed by atoms with van der Waals surface area (Å²) in [5, 5.41) is 16.0. The molecule has 0 amide bonds. The van der Waals surface area contributed by atoms with Crippen molar-refractivity contribution in [3.05, 3.63) is 23.0 Å². The van der Waals surface area contributed by atoms with Crippen LogP contribution >= 0.6 is 0 Å². The Morgan fingerprint density at radius 1 is 1.19 bits per heavy atom. The van der Waals surface area contributed by atoms with Gasteiger partial charge in [0.25, 0.3) is 0 Å². The second-order valence-corrected chi connectivity index (χ2v) is 5.91. The molecule has 0 spiro atoms. The van der Waals surface area contributed by atoms with Crippen molar-refractivity contribution in [2.45, 2.75) is 46.8 Å². The summed E-state index contributed by atoms with van der Waals surface area (Å²) in [6.45, 7) is 9.49. The maximum Gasteiger partial charge on any atom is 0.361 e. The number of ether oxygens (including phenoxy) is 1. The summed E-state index contributed by atoms with van der Waals surface area (Å²) in [6.07, 6.45) is 0. The topological polar surface area (TPSA) is 87.7 Å². The molecule has 0 N–H and O–H groups in total. The lowest BCUT2D eigenvalue weighted by molar-refractivity contribution is 0.00618. The van der Waals surface area contributed by atoms with Crippen molar-refractivity contribution in [2.24, 2.45) is 7.05 Å². The van der Waals surface area contributed by atoms with Crippen molar-refractivity contribution < 1.29 is 9.53 Å². The van der Waals surface area contributed by atoms with E-state index in [-0.39, 0.29) is 5.69 Å². The Kier molecular flexibility index (Phi) is 3.80. The second-order valence-electron chi connectivity index (χ2n) is 5.91. The predicted molar refractivity (Wildman–Crippen MR) is 74.8 cm³/mol. The number of hydrogen-bond acceptors (Lipinski definition) is 6. The van der Waals surface area contributed by atoms with E-state index in [1.165, 1.54) is 0 Å². The molecule has 0 aliphatic heterocycles. The van der Waals surface area contributed by atoms with Crippen LogP contribution in [0.25, 0.3) is 0 Å². The number of nitrogens with zero attached hydrogens (tertiary/aromatic N) is 6. The van der Waals surface area contributed by atoms with Crippen LogP contribution in [0, 0.1) is 13.8 Å². The Morgan fingerprint density at radius 3 is 2.38 bits per heavy atom. The third-order valence-electron chi connectivity index (χ3n) is 3.05. The number of hydrogen-bond donors (Lipinski definition) is 0. The Morgan fingerprint density at radius 2 is 1.86 bits per heavy atom. The normalized spacial score (nSPS) is 11.7. The SMILES string of the molecule is Cc1c(C(=O)OC(C)(C)C)nnn1Cc1nnc(C)n1C. The average Bonchev–Trinajstić information content (AvgIpc) is 2.86. The monoisotopic (exact) mass is 292 g/mol. The fourth-order valence-electron chi connectivity index (χ4n) is 1.75. The maximum atomic E-state index is 12.0. The molecule has 0 aromatic carbocycles. The van der Waals surface area contributed by atoms with Crippen molar-refractivity contribution in [1.29, 1.82) is 0 Å². The van der Waals surface area contributed by atoms with Crippen LogP contribution < -0.4 is 0 Å². The molecule has 0 bridgehead atoms. The highest BCUT2D eigenvalue weighted by molar-refractivity contribution is 5.88. The molecule has 114 valence electrons. The number of esters is 1. The first-order valence-corrected chi connectivity index (χ1v) is 6.67. The maximum absolute atomic E-state index is 12.0. The zero-order valence-electron chi connectivity index (χ0n) is 13.2. The van der Waals surface area contributed by atoms with Crippen molar-refractivity contribution in [3.63, 3.8) is 0 Å². The highest BCUT2D eigenvalue weighted by atomic mass is 16.6. The van der Waals surface area contributed by atoms with Gasteiger partial charge in [-0.25, -0.2) is 9.48 Å². The minimum Gasteiger partial charge on any atom is -0.455 e. The van der Waals surface area contributed by atoms with Crippen molar-refractivity contribution in [2.75, 3.05) is 0 Å². The minimum absolute atomic E-state index is 0.226. The van der Waals surface area contributed by atoms with Gasteiger partial charge in [0.2, 0.25) is 0 Å². The molecule has 0 radical (unpaired) electrons. The van der Waals surface area contributed by atoms with E-state index in [0.717, 1.165) is 11.6 Å². The number of aryl methyl sites for hydroxylation is 1. The van der Waals surface area contributed by atoms with Gasteiger partial charge >= 0.3 is 5.97 Å². The first-order valence-electron chi connectivity index (χ1n) is 6.67. The molecule has 0 saturated heterocycles. The molecule has 8 nitrogen and oxygen atoms in total. The third kappa shape index (κ3) is 3.26. The second kappa shape index (κ2) is 5.27. The first kappa shape index (κ1) is 15.1. The zero-order chi connectivity index (χ0) is 15.8. The lowest BCUT2D eigenvalue weighted by atomic mass is 10.2. The lowest BCUT2D eigenvalue weighted by Gasteiger charge is -2.18. The molecular weight excluding hydrogens is 272 g/mol. The largest absolute Gasteiger partial charge is 0.455 e. The van der Waals surface area contributed by atoms with Gasteiger partial charge in [0.05, 0.1) is 5.69 Å². The van der Waals surface area contributed by atoms with Gasteiger partial charge in [-0.05, 0) is 34.6 Å². The van der Waals surface area contributed by atoms with Gasteiger partial charge in [-0.15, -0.1) is 15.3 Å². The lowest BCUT2D eigenvalue weighted by Crippen LogP contribution is -2.24. The highest BCUT2D eigenvalue weighted by Gasteiger charge is 2.23. The molecule has 0 saturated carbocycles. The Balaban J connectivity index is 2.21. The van der Waals surface area contributed by atoms with Crippen LogP contribution in [0.2, 0.25) is 0 Å². The fraction of sp³-hybridized carbons (Fsp3) is 0.615. The van der Waals surface area contributed by atoms with Crippen LogP contribution in [-0.2, 0) is 18.3 Å². The van der Waals surface area contributed by atoms with E-state index >= 15 is 0 Å². The van der Waals surface area contributed by atoms with Crippen LogP contribution in [0.5, 0.6) is 0 Å². The van der Waals surface area contributed by atoms with Crippen LogP contribution in [0.3, 0.4) is 0 Å². The van der Waals surface area contributed by atoms with Crippen molar-refractivity contribution in [3.8, 4) is 0 Å². The van der Waals surface area contributed by atoms with Gasteiger partial charge in [-0.3, -0.25) is 0 Å². The van der Waals surface area contributed by atoms with Crippen molar-refractivity contribution >= 4 is 5.97 Å². The van der Waals surface area contributed by atoms with Gasteiger partial charge in [0.1, 0.15) is 18.0 Å². The Labute approximate surface area is 123 Å². The van der Waals surface area contributed by atoms with E-state index in [0.29, 0.717) is 12.2 Å². The van der Waals surface area contributed by atoms with Crippen LogP contribution in [-0.4, -0.2) is 41.3 Å². The van der Waals surface area contributed by atoms with Crippen LogP contribution in [0.15, 0.2) is 0 Å². The molecule has 2 heterocycles. The van der Waals surface area contributed by atoms with Crippen LogP contribution in [0.4, 0.5) is 0 Å². The van der Waals surface area contributed by atoms with Gasteiger partial charge in [0.15, 0.2) is 11.5 Å². The zero-order valence-corrected chi connectivity index (χ0v) is 13.2. The smallest absolute Gasteiger partial charge is 0.361 e. The molecule has 0 aliphatic rings. The van der Waals surface area contributed by atoms with E-state index in [4.69, 9.17) is 4.74 Å². The van der Waals surface area contributed by atoms with Gasteiger partial charge in [-0.2, -0.15) is 0 Å². The number of carbonyl (C=O) groups is 1. The molecule has 21 heavy (non-hydrogen) atoms. The number of rotatable bonds is 3. The average molecular weight is 292 g/mol. The molecule has 2 aromatic heterocycles. The number of aromatic nitrogens is 6. The van der Waals surface area contributed by atoms with E-state index in [1.54, 1.807) is 11.6 Å². The Hall–Kier alpha value is -2.25. The summed E-state index contributed by atoms with van der Waals surface area (Å²) < 4.78 is 8.79. The Bertz CT molecular complexity index is 665. The fourth-order valence-corrected chi connectivity index (χ4v) is 1.75. The molecule has 2 rings (SSSR count). The first-order chi connectivity index (χ1) is 9.69. The van der Waals surface area contributed by atoms with E-state index in [1.807, 2.05) is 39.3 Å². The number of carbonyl (C=O) groups excluding carboxylic acids is 1. The third-order valence-corrected chi connectivity index (χ3v) is 3.05. The van der Waals surface area contributed by atoms with Gasteiger partial charge in [-0.1, -0.05) is 5.21 Å². The molecule has 2 aromatic rings. The molecule has 0 unspecified atom stereocenters. The molecule has 0 fully saturated rings. The van der Waals surface area contributed by atoms with Crippen molar-refractivity contribution in [1.82, 2.24) is 29.8 Å². The molecule has 8 heteroatoms.